The molecule has 0 bridgehead atoms. The lowest BCUT2D eigenvalue weighted by Gasteiger charge is -2.38. The van der Waals surface area contributed by atoms with Crippen molar-refractivity contribution in [2.24, 2.45) is 0 Å². The molecule has 0 radical (unpaired) electrons. The van der Waals surface area contributed by atoms with E-state index in [2.05, 4.69) is 10.3 Å². The molecular formula is C23H29F3N4O4S. The topological polar surface area (TPSA) is 84.0 Å². The van der Waals surface area contributed by atoms with Crippen LogP contribution in [0.2, 0.25) is 0 Å². The van der Waals surface area contributed by atoms with E-state index in [4.69, 9.17) is 9.47 Å². The predicted molar refractivity (Wildman–Crippen MR) is 126 cm³/mol. The highest BCUT2D eigenvalue weighted by Gasteiger charge is 2.38. The molecule has 0 aliphatic carbocycles. The number of hydrogen-bond acceptors (Lipinski definition) is 7. The van der Waals surface area contributed by atoms with Crippen LogP contribution in [-0.4, -0.2) is 72.9 Å². The second kappa shape index (κ2) is 9.45. The lowest BCUT2D eigenvalue weighted by molar-refractivity contribution is -0.136. The Hall–Kier alpha value is -2.60. The fourth-order valence-electron chi connectivity index (χ4n) is 4.13. The number of fused-ring (bicyclic) bond motifs is 1. The van der Waals surface area contributed by atoms with E-state index in [1.165, 1.54) is 5.38 Å². The molecule has 0 unspecified atom stereocenters. The number of alkyl halides is 3. The van der Waals surface area contributed by atoms with Gasteiger partial charge in [0, 0.05) is 57.0 Å². The van der Waals surface area contributed by atoms with Crippen molar-refractivity contribution in [3.05, 3.63) is 22.6 Å². The van der Waals surface area contributed by atoms with Gasteiger partial charge < -0.3 is 24.6 Å². The van der Waals surface area contributed by atoms with Gasteiger partial charge in [-0.05, 0) is 26.8 Å². The summed E-state index contributed by atoms with van der Waals surface area (Å²) >= 11 is 0.877. The molecular weight excluding hydrogens is 485 g/mol. The number of alkyl carbamates (subject to hydrolysis) is 1. The number of aromatic nitrogens is 1. The highest BCUT2D eigenvalue weighted by atomic mass is 32.1. The quantitative estimate of drug-likeness (QED) is 0.656. The van der Waals surface area contributed by atoms with Crippen molar-refractivity contribution >= 4 is 39.4 Å². The Balaban J connectivity index is 1.54. The fourth-order valence-corrected chi connectivity index (χ4v) is 5.15. The largest absolute Gasteiger partial charge is 0.446 e. The van der Waals surface area contributed by atoms with Gasteiger partial charge in [0.15, 0.2) is 0 Å². The standard InChI is InChI=1S/C23H29F3N4O4S/c1-22(2,3)28-21(32)34-13-5-7-29(8-6-13)17-9-16(23(24,25)26)19-18(27-17)15(12-35-19)20(31)30-10-14(11-30)33-4/h9,12-14H,5-8,10-11H2,1-4H3,(H,28,32). The number of methoxy groups -OCH3 is 1. The number of anilines is 1. The van der Waals surface area contributed by atoms with E-state index in [0.29, 0.717) is 39.0 Å². The normalized spacial score (nSPS) is 18.0. The van der Waals surface area contributed by atoms with E-state index in [-0.39, 0.29) is 39.7 Å². The van der Waals surface area contributed by atoms with Crippen LogP contribution in [0.4, 0.5) is 23.8 Å². The van der Waals surface area contributed by atoms with Gasteiger partial charge in [0.2, 0.25) is 0 Å². The number of nitrogens with zero attached hydrogens (tertiary/aromatic N) is 3. The van der Waals surface area contributed by atoms with Crippen LogP contribution in [0.1, 0.15) is 49.5 Å². The number of thiophene rings is 1. The van der Waals surface area contributed by atoms with Crippen LogP contribution in [0.25, 0.3) is 10.2 Å². The van der Waals surface area contributed by atoms with Gasteiger partial charge in [-0.15, -0.1) is 11.3 Å². The van der Waals surface area contributed by atoms with Crippen LogP contribution >= 0.6 is 11.3 Å². The van der Waals surface area contributed by atoms with Crippen LogP contribution in [0.5, 0.6) is 0 Å². The van der Waals surface area contributed by atoms with Crippen molar-refractivity contribution in [3.63, 3.8) is 0 Å². The average molecular weight is 515 g/mol. The molecule has 2 aromatic heterocycles. The van der Waals surface area contributed by atoms with Gasteiger partial charge in [-0.3, -0.25) is 4.79 Å². The number of carbonyl (C=O) groups is 2. The van der Waals surface area contributed by atoms with E-state index in [1.54, 1.807) is 16.9 Å². The molecule has 0 aromatic carbocycles. The first kappa shape index (κ1) is 25.5. The van der Waals surface area contributed by atoms with E-state index in [0.717, 1.165) is 17.4 Å². The molecule has 35 heavy (non-hydrogen) atoms. The summed E-state index contributed by atoms with van der Waals surface area (Å²) in [5.41, 5.74) is -0.998. The molecule has 0 spiro atoms. The summed E-state index contributed by atoms with van der Waals surface area (Å²) in [7, 11) is 1.56. The third-order valence-electron chi connectivity index (χ3n) is 6.03. The number of piperidine rings is 1. The third-order valence-corrected chi connectivity index (χ3v) is 7.03. The van der Waals surface area contributed by atoms with E-state index < -0.39 is 23.4 Å². The van der Waals surface area contributed by atoms with Crippen molar-refractivity contribution in [1.29, 1.82) is 0 Å². The molecule has 2 aliphatic rings. The summed E-state index contributed by atoms with van der Waals surface area (Å²) in [6, 6.07) is 1.05. The summed E-state index contributed by atoms with van der Waals surface area (Å²) in [5, 5.41) is 4.19. The number of halogens is 3. The van der Waals surface area contributed by atoms with Crippen LogP contribution < -0.4 is 10.2 Å². The first-order valence-electron chi connectivity index (χ1n) is 11.4. The number of likely N-dealkylation sites (tertiary alicyclic amines) is 1. The van der Waals surface area contributed by atoms with Gasteiger partial charge >= 0.3 is 12.3 Å². The van der Waals surface area contributed by atoms with Gasteiger partial charge in [-0.25, -0.2) is 9.78 Å². The number of rotatable bonds is 4. The van der Waals surface area contributed by atoms with Crippen molar-refractivity contribution in [1.82, 2.24) is 15.2 Å². The van der Waals surface area contributed by atoms with E-state index in [9.17, 15) is 22.8 Å². The molecule has 192 valence electrons. The van der Waals surface area contributed by atoms with Gasteiger partial charge in [0.1, 0.15) is 11.9 Å². The molecule has 1 N–H and O–H groups in total. The summed E-state index contributed by atoms with van der Waals surface area (Å²) in [5.74, 6) is -0.187. The first-order valence-corrected chi connectivity index (χ1v) is 12.3. The second-order valence-corrected chi connectivity index (χ2v) is 10.8. The monoisotopic (exact) mass is 514 g/mol. The third kappa shape index (κ3) is 5.64. The minimum absolute atomic E-state index is 0.0505. The highest BCUT2D eigenvalue weighted by Crippen LogP contribution is 2.41. The Labute approximate surface area is 205 Å². The minimum Gasteiger partial charge on any atom is -0.446 e. The van der Waals surface area contributed by atoms with Gasteiger partial charge in [0.05, 0.1) is 27.4 Å². The zero-order valence-corrected chi connectivity index (χ0v) is 20.9. The van der Waals surface area contributed by atoms with Crippen molar-refractivity contribution < 1.29 is 32.2 Å². The molecule has 0 atom stereocenters. The maximum atomic E-state index is 13.9. The van der Waals surface area contributed by atoms with Gasteiger partial charge in [0.25, 0.3) is 5.91 Å². The number of carbonyl (C=O) groups excluding carboxylic acids is 2. The predicted octanol–water partition coefficient (Wildman–Crippen LogP) is 4.28. The van der Waals surface area contributed by atoms with Crippen LogP contribution in [-0.2, 0) is 15.7 Å². The second-order valence-electron chi connectivity index (χ2n) is 9.89. The van der Waals surface area contributed by atoms with Gasteiger partial charge in [-0.2, -0.15) is 13.2 Å². The molecule has 2 aromatic rings. The first-order chi connectivity index (χ1) is 16.4. The molecule has 12 heteroatoms. The molecule has 2 saturated heterocycles. The zero-order valence-electron chi connectivity index (χ0n) is 20.1. The molecule has 8 nitrogen and oxygen atoms in total. The average Bonchev–Trinajstić information content (AvgIpc) is 3.14. The maximum absolute atomic E-state index is 13.9. The lowest BCUT2D eigenvalue weighted by Crippen LogP contribution is -2.54. The highest BCUT2D eigenvalue weighted by molar-refractivity contribution is 7.17. The number of nitrogens with one attached hydrogen (secondary N) is 1. The van der Waals surface area contributed by atoms with Crippen LogP contribution in [0, 0.1) is 0 Å². The maximum Gasteiger partial charge on any atom is 0.417 e. The molecule has 2 fully saturated rings. The minimum atomic E-state index is -4.59. The summed E-state index contributed by atoms with van der Waals surface area (Å²) in [6.45, 7) is 7.08. The van der Waals surface area contributed by atoms with E-state index in [1.807, 2.05) is 20.8 Å². The van der Waals surface area contributed by atoms with Crippen LogP contribution in [0.15, 0.2) is 11.4 Å². The number of ether oxygens (including phenoxy) is 2. The SMILES string of the molecule is COC1CN(C(=O)c2csc3c(C(F)(F)F)cc(N4CCC(OC(=O)NC(C)(C)C)CC4)nc23)C1. The molecule has 2 aliphatic heterocycles. The van der Waals surface area contributed by atoms with Crippen LogP contribution in [0.3, 0.4) is 0 Å². The zero-order chi connectivity index (χ0) is 25.5. The van der Waals surface area contributed by atoms with E-state index >= 15 is 0 Å². The molecule has 0 saturated carbocycles. The molecule has 4 heterocycles. The molecule has 2 amide bonds. The number of pyridine rings is 1. The Morgan fingerprint density at radius 1 is 1.14 bits per heavy atom. The Morgan fingerprint density at radius 2 is 1.80 bits per heavy atom. The van der Waals surface area contributed by atoms with Crippen molar-refractivity contribution in [2.75, 3.05) is 38.2 Å². The lowest BCUT2D eigenvalue weighted by atomic mass is 10.1. The Kier molecular flexibility index (Phi) is 6.89. The molecule has 4 rings (SSSR count). The summed E-state index contributed by atoms with van der Waals surface area (Å²) < 4.78 is 52.4. The van der Waals surface area contributed by atoms with Gasteiger partial charge in [-0.1, -0.05) is 0 Å². The number of hydrogen-bond donors (Lipinski definition) is 1. The van der Waals surface area contributed by atoms with Crippen molar-refractivity contribution in [2.45, 2.75) is 57.5 Å². The summed E-state index contributed by atoms with van der Waals surface area (Å²) in [6.07, 6.45) is -4.59. The Bertz CT molecular complexity index is 1100. The Morgan fingerprint density at radius 3 is 2.37 bits per heavy atom. The number of amides is 2. The fraction of sp³-hybridized carbons (Fsp3) is 0.609. The summed E-state index contributed by atoms with van der Waals surface area (Å²) in [4.78, 5) is 32.8. The smallest absolute Gasteiger partial charge is 0.417 e. The van der Waals surface area contributed by atoms with Crippen molar-refractivity contribution in [3.8, 4) is 0 Å².